The van der Waals surface area contributed by atoms with E-state index >= 15 is 0 Å². The van der Waals surface area contributed by atoms with E-state index in [1.54, 1.807) is 6.92 Å². The molecule has 0 saturated carbocycles. The molecule has 1 N–H and O–H groups in total. The lowest BCUT2D eigenvalue weighted by Gasteiger charge is -2.16. The van der Waals surface area contributed by atoms with Gasteiger partial charge in [-0.15, -0.1) is 10.2 Å². The van der Waals surface area contributed by atoms with Gasteiger partial charge in [0.2, 0.25) is 5.91 Å². The van der Waals surface area contributed by atoms with Gasteiger partial charge >= 0.3 is 0 Å². The molecule has 0 aliphatic heterocycles. The molecule has 1 aliphatic rings. The average molecular weight is 350 g/mol. The number of ether oxygens (including phenoxy) is 1. The number of rotatable bonds is 4. The molecule has 0 spiro atoms. The van der Waals surface area contributed by atoms with Crippen molar-refractivity contribution in [3.05, 3.63) is 59.5 Å². The van der Waals surface area contributed by atoms with Crippen molar-refractivity contribution in [1.29, 1.82) is 0 Å². The Bertz CT molecular complexity index is 963. The van der Waals surface area contributed by atoms with Crippen LogP contribution in [0.1, 0.15) is 62.2 Å². The Hall–Kier alpha value is -2.89. The summed E-state index contributed by atoms with van der Waals surface area (Å²) in [6.45, 7) is 5.73. The Balaban J connectivity index is 1.64. The second kappa shape index (κ2) is 6.44. The summed E-state index contributed by atoms with van der Waals surface area (Å²) in [4.78, 5) is 11.5. The number of hydrogen-bond donors (Lipinski definition) is 1. The van der Waals surface area contributed by atoms with E-state index in [-0.39, 0.29) is 24.0 Å². The molecule has 26 heavy (non-hydrogen) atoms. The van der Waals surface area contributed by atoms with E-state index in [1.165, 1.54) is 0 Å². The molecule has 1 amide bonds. The molecule has 134 valence electrons. The maximum Gasteiger partial charge on any atom is 0.217 e. The first-order valence-electron chi connectivity index (χ1n) is 8.90. The van der Waals surface area contributed by atoms with E-state index in [0.717, 1.165) is 34.8 Å². The first-order valence-corrected chi connectivity index (χ1v) is 8.90. The van der Waals surface area contributed by atoms with Crippen molar-refractivity contribution in [1.82, 2.24) is 19.9 Å². The van der Waals surface area contributed by atoms with Crippen LogP contribution in [-0.2, 0) is 4.79 Å². The molecule has 2 atom stereocenters. The summed E-state index contributed by atoms with van der Waals surface area (Å²) in [5.41, 5.74) is 3.06. The zero-order valence-electron chi connectivity index (χ0n) is 15.1. The van der Waals surface area contributed by atoms with Crippen molar-refractivity contribution < 1.29 is 9.53 Å². The highest BCUT2D eigenvalue weighted by Gasteiger charge is 2.32. The summed E-state index contributed by atoms with van der Waals surface area (Å²) < 4.78 is 8.28. The van der Waals surface area contributed by atoms with Gasteiger partial charge < -0.3 is 10.1 Å². The summed E-state index contributed by atoms with van der Waals surface area (Å²) in [5.74, 6) is 1.92. The molecule has 2 aromatic heterocycles. The molecule has 0 fully saturated rings. The number of amides is 1. The van der Waals surface area contributed by atoms with Crippen LogP contribution in [0, 0.1) is 0 Å². The van der Waals surface area contributed by atoms with Gasteiger partial charge in [0.25, 0.3) is 0 Å². The van der Waals surface area contributed by atoms with Crippen molar-refractivity contribution >= 4 is 11.6 Å². The Kier molecular flexibility index (Phi) is 4.11. The van der Waals surface area contributed by atoms with Crippen LogP contribution in [0.5, 0.6) is 5.75 Å². The number of pyridine rings is 1. The second-order valence-corrected chi connectivity index (χ2v) is 7.03. The van der Waals surface area contributed by atoms with Crippen LogP contribution >= 0.6 is 0 Å². The predicted octanol–water partition coefficient (Wildman–Crippen LogP) is 3.55. The van der Waals surface area contributed by atoms with Gasteiger partial charge in [-0.2, -0.15) is 0 Å². The third-order valence-corrected chi connectivity index (χ3v) is 4.74. The summed E-state index contributed by atoms with van der Waals surface area (Å²) >= 11 is 0. The second-order valence-electron chi connectivity index (χ2n) is 7.03. The van der Waals surface area contributed by atoms with E-state index in [2.05, 4.69) is 41.5 Å². The zero-order chi connectivity index (χ0) is 18.3. The van der Waals surface area contributed by atoms with Crippen molar-refractivity contribution in [2.75, 3.05) is 0 Å². The molecule has 0 radical (unpaired) electrons. The minimum atomic E-state index is -0.0977. The maximum atomic E-state index is 11.5. The van der Waals surface area contributed by atoms with Gasteiger partial charge in [0.05, 0.1) is 12.2 Å². The molecule has 6 heteroatoms. The minimum Gasteiger partial charge on any atom is -0.484 e. The van der Waals surface area contributed by atoms with E-state index in [0.29, 0.717) is 0 Å². The SMILES string of the molecule is CC(=O)N[C@H]1C[C@@H](Oc2ccc3nnc(C(C)C)n3c2)c2ccccc21. The number of benzene rings is 1. The molecule has 1 aliphatic carbocycles. The maximum absolute atomic E-state index is 11.5. The van der Waals surface area contributed by atoms with Crippen LogP contribution in [0.3, 0.4) is 0 Å². The lowest BCUT2D eigenvalue weighted by Crippen LogP contribution is -2.24. The van der Waals surface area contributed by atoms with Crippen molar-refractivity contribution in [3.8, 4) is 5.75 Å². The molecule has 6 nitrogen and oxygen atoms in total. The standard InChI is InChI=1S/C20H22N4O2/c1-12(2)20-23-22-19-9-8-14(11-24(19)20)26-18-10-17(21-13(3)25)15-6-4-5-7-16(15)18/h4-9,11-12,17-18H,10H2,1-3H3,(H,21,25)/t17-,18+/m0/s1. The van der Waals surface area contributed by atoms with Crippen LogP contribution in [0.4, 0.5) is 0 Å². The smallest absolute Gasteiger partial charge is 0.217 e. The first kappa shape index (κ1) is 16.6. The van der Waals surface area contributed by atoms with E-state index in [1.807, 2.05) is 34.9 Å². The van der Waals surface area contributed by atoms with Gasteiger partial charge in [0.1, 0.15) is 17.7 Å². The van der Waals surface area contributed by atoms with Gasteiger partial charge in [-0.05, 0) is 23.3 Å². The largest absolute Gasteiger partial charge is 0.484 e. The minimum absolute atomic E-state index is 0.0152. The quantitative estimate of drug-likeness (QED) is 0.781. The van der Waals surface area contributed by atoms with E-state index < -0.39 is 0 Å². The van der Waals surface area contributed by atoms with Gasteiger partial charge in [-0.25, -0.2) is 0 Å². The monoisotopic (exact) mass is 350 g/mol. The first-order chi connectivity index (χ1) is 12.5. The lowest BCUT2D eigenvalue weighted by molar-refractivity contribution is -0.119. The van der Waals surface area contributed by atoms with E-state index in [9.17, 15) is 4.79 Å². The summed E-state index contributed by atoms with van der Waals surface area (Å²) in [6.07, 6.45) is 2.56. The topological polar surface area (TPSA) is 68.5 Å². The van der Waals surface area contributed by atoms with Gasteiger partial charge in [-0.1, -0.05) is 38.1 Å². The van der Waals surface area contributed by atoms with Crippen LogP contribution in [0.25, 0.3) is 5.65 Å². The number of fused-ring (bicyclic) bond motifs is 2. The fourth-order valence-corrected chi connectivity index (χ4v) is 3.60. The third-order valence-electron chi connectivity index (χ3n) is 4.74. The average Bonchev–Trinajstić information content (AvgIpc) is 3.17. The van der Waals surface area contributed by atoms with Gasteiger partial charge in [-0.3, -0.25) is 9.20 Å². The normalized spacial score (nSPS) is 18.9. The Morgan fingerprint density at radius 2 is 1.96 bits per heavy atom. The van der Waals surface area contributed by atoms with Crippen molar-refractivity contribution in [2.45, 2.75) is 45.3 Å². The molecule has 2 heterocycles. The Labute approximate surface area is 152 Å². The van der Waals surface area contributed by atoms with Crippen LogP contribution < -0.4 is 10.1 Å². The summed E-state index contributed by atoms with van der Waals surface area (Å²) in [6, 6.07) is 11.9. The number of carbonyl (C=O) groups is 1. The molecule has 3 aromatic rings. The zero-order valence-corrected chi connectivity index (χ0v) is 15.1. The summed E-state index contributed by atoms with van der Waals surface area (Å²) in [5, 5.41) is 11.5. The number of nitrogens with one attached hydrogen (secondary N) is 1. The van der Waals surface area contributed by atoms with Crippen LogP contribution in [0.15, 0.2) is 42.6 Å². The Morgan fingerprint density at radius 3 is 2.69 bits per heavy atom. The van der Waals surface area contributed by atoms with Crippen LogP contribution in [0.2, 0.25) is 0 Å². The number of carbonyl (C=O) groups excluding carboxylic acids is 1. The molecule has 0 bridgehead atoms. The van der Waals surface area contributed by atoms with Crippen molar-refractivity contribution in [3.63, 3.8) is 0 Å². The highest BCUT2D eigenvalue weighted by Crippen LogP contribution is 2.41. The fraction of sp³-hybridized carbons (Fsp3) is 0.350. The Morgan fingerprint density at radius 1 is 1.19 bits per heavy atom. The molecule has 4 rings (SSSR count). The molecular formula is C20H22N4O2. The highest BCUT2D eigenvalue weighted by atomic mass is 16.5. The number of hydrogen-bond acceptors (Lipinski definition) is 4. The van der Waals surface area contributed by atoms with Crippen molar-refractivity contribution in [2.24, 2.45) is 0 Å². The highest BCUT2D eigenvalue weighted by molar-refractivity contribution is 5.73. The number of aromatic nitrogens is 3. The molecule has 1 aromatic carbocycles. The number of nitrogens with zero attached hydrogens (tertiary/aromatic N) is 3. The molecule has 0 saturated heterocycles. The fourth-order valence-electron chi connectivity index (χ4n) is 3.60. The van der Waals surface area contributed by atoms with E-state index in [4.69, 9.17) is 4.74 Å². The molecule has 0 unspecified atom stereocenters. The van der Waals surface area contributed by atoms with Gasteiger partial charge in [0.15, 0.2) is 5.65 Å². The van der Waals surface area contributed by atoms with Crippen LogP contribution in [-0.4, -0.2) is 20.5 Å². The lowest BCUT2D eigenvalue weighted by atomic mass is 10.1. The van der Waals surface area contributed by atoms with Gasteiger partial charge in [0, 0.05) is 19.3 Å². The third kappa shape index (κ3) is 2.92. The summed E-state index contributed by atoms with van der Waals surface area (Å²) in [7, 11) is 0. The molecular weight excluding hydrogens is 328 g/mol. The predicted molar refractivity (Wildman–Crippen MR) is 98.1 cm³/mol.